The molecule has 0 fully saturated rings. The number of carbonyl (C=O) groups excluding carboxylic acids is 2. The molecule has 3 aromatic carbocycles. The number of halogens is 2. The lowest BCUT2D eigenvalue weighted by Crippen LogP contribution is -2.24. The average molecular weight is 572 g/mol. The summed E-state index contributed by atoms with van der Waals surface area (Å²) in [7, 11) is 1.39. The lowest BCUT2D eigenvalue weighted by molar-refractivity contribution is -0.141. The van der Waals surface area contributed by atoms with Crippen LogP contribution in [0.1, 0.15) is 48.9 Å². The van der Waals surface area contributed by atoms with Crippen LogP contribution in [-0.4, -0.2) is 43.2 Å². The Morgan fingerprint density at radius 1 is 0.821 bits per heavy atom. The fourth-order valence-corrected chi connectivity index (χ4v) is 4.50. The van der Waals surface area contributed by atoms with Crippen molar-refractivity contribution in [2.45, 2.75) is 38.5 Å². The number of ether oxygens (including phenoxy) is 2. The number of carbonyl (C=O) groups is 3. The van der Waals surface area contributed by atoms with Gasteiger partial charge in [0.25, 0.3) is 5.91 Å². The van der Waals surface area contributed by atoms with E-state index in [9.17, 15) is 19.5 Å². The van der Waals surface area contributed by atoms with Crippen molar-refractivity contribution in [2.75, 3.05) is 20.3 Å². The lowest BCUT2D eigenvalue weighted by atomic mass is 9.94. The van der Waals surface area contributed by atoms with Crippen LogP contribution in [0.3, 0.4) is 0 Å². The van der Waals surface area contributed by atoms with Crippen LogP contribution in [0, 0.1) is 0 Å². The van der Waals surface area contributed by atoms with Gasteiger partial charge in [0.15, 0.2) is 6.61 Å². The maximum atomic E-state index is 13.2. The smallest absolute Gasteiger partial charge is 0.341 e. The summed E-state index contributed by atoms with van der Waals surface area (Å²) in [6.45, 7) is -0.0710. The van der Waals surface area contributed by atoms with Crippen molar-refractivity contribution in [2.24, 2.45) is 0 Å². The minimum Gasteiger partial charge on any atom is -0.481 e. The first kappa shape index (κ1) is 30.0. The molecule has 0 aliphatic heterocycles. The fraction of sp³-hybridized carbons (Fsp3) is 0.300. The lowest BCUT2D eigenvalue weighted by Gasteiger charge is -2.18. The number of aliphatic carboxylic acids is 1. The first-order valence-electron chi connectivity index (χ1n) is 12.7. The summed E-state index contributed by atoms with van der Waals surface area (Å²) < 4.78 is 10.4. The Morgan fingerprint density at radius 3 is 1.92 bits per heavy atom. The molecule has 3 rings (SSSR count). The van der Waals surface area contributed by atoms with E-state index < -0.39 is 12.6 Å². The Balaban J connectivity index is 1.85. The van der Waals surface area contributed by atoms with Gasteiger partial charge in [0, 0.05) is 39.7 Å². The molecular formula is C30H31Cl2NO6. The van der Waals surface area contributed by atoms with Crippen LogP contribution in [0.25, 0.3) is 22.3 Å². The van der Waals surface area contributed by atoms with Crippen molar-refractivity contribution >= 4 is 41.0 Å². The Morgan fingerprint density at radius 2 is 1.38 bits per heavy atom. The van der Waals surface area contributed by atoms with Crippen LogP contribution in [0.2, 0.25) is 10.0 Å². The zero-order valence-corrected chi connectivity index (χ0v) is 23.2. The van der Waals surface area contributed by atoms with Crippen molar-refractivity contribution in [3.63, 3.8) is 0 Å². The quantitative estimate of drug-likeness (QED) is 0.159. The Kier molecular flexibility index (Phi) is 11.6. The maximum absolute atomic E-state index is 13.2. The number of methoxy groups -OCH3 is 1. The highest BCUT2D eigenvalue weighted by molar-refractivity contribution is 6.31. The predicted octanol–water partition coefficient (Wildman–Crippen LogP) is 7.03. The number of hydrogen-bond donors (Lipinski definition) is 2. The summed E-state index contributed by atoms with van der Waals surface area (Å²) in [5.74, 6) is -1.28. The van der Waals surface area contributed by atoms with Gasteiger partial charge in [-0.25, -0.2) is 4.79 Å². The van der Waals surface area contributed by atoms with Gasteiger partial charge < -0.3 is 19.9 Å². The third-order valence-corrected chi connectivity index (χ3v) is 6.50. The zero-order valence-electron chi connectivity index (χ0n) is 21.7. The number of amides is 1. The molecule has 39 heavy (non-hydrogen) atoms. The van der Waals surface area contributed by atoms with Crippen LogP contribution in [0.15, 0.2) is 60.7 Å². The molecule has 0 saturated carbocycles. The molecule has 0 aliphatic rings. The van der Waals surface area contributed by atoms with E-state index in [1.807, 2.05) is 12.1 Å². The standard InChI is InChI=1S/C30H31Cl2NO6/c1-38-28(36)13-5-3-2-4-6-14-33-30(37)22-17-25(20-9-7-11-23(31)15-20)29(39-19-27(34)35)26(18-22)21-10-8-12-24(32)16-21/h7-12,15-18H,2-6,13-14,19H2,1H3,(H,33,37)(H,34,35). The van der Waals surface area contributed by atoms with Crippen molar-refractivity contribution in [1.82, 2.24) is 5.32 Å². The first-order valence-corrected chi connectivity index (χ1v) is 13.4. The number of rotatable bonds is 14. The average Bonchev–Trinajstić information content (AvgIpc) is 2.92. The summed E-state index contributed by atoms with van der Waals surface area (Å²) in [5, 5.41) is 13.2. The van der Waals surface area contributed by atoms with Crippen molar-refractivity contribution < 1.29 is 29.0 Å². The summed E-state index contributed by atoms with van der Waals surface area (Å²) >= 11 is 12.5. The summed E-state index contributed by atoms with van der Waals surface area (Å²) in [6.07, 6.45) is 4.81. The van der Waals surface area contributed by atoms with Crippen LogP contribution in [-0.2, 0) is 14.3 Å². The second-order valence-electron chi connectivity index (χ2n) is 8.95. The fourth-order valence-electron chi connectivity index (χ4n) is 4.12. The molecular weight excluding hydrogens is 541 g/mol. The van der Waals surface area contributed by atoms with Gasteiger partial charge in [0.2, 0.25) is 0 Å². The molecule has 0 radical (unpaired) electrons. The number of carboxylic acids is 1. The molecule has 3 aromatic rings. The maximum Gasteiger partial charge on any atom is 0.341 e. The van der Waals surface area contributed by atoms with Crippen LogP contribution >= 0.6 is 23.2 Å². The van der Waals surface area contributed by atoms with Crippen LogP contribution in [0.4, 0.5) is 0 Å². The van der Waals surface area contributed by atoms with Crippen molar-refractivity contribution in [1.29, 1.82) is 0 Å². The zero-order chi connectivity index (χ0) is 28.2. The number of carboxylic acid groups (broad SMARTS) is 1. The van der Waals surface area contributed by atoms with Gasteiger partial charge in [-0.1, -0.05) is 66.7 Å². The highest BCUT2D eigenvalue weighted by atomic mass is 35.5. The second-order valence-corrected chi connectivity index (χ2v) is 9.83. The molecule has 0 spiro atoms. The SMILES string of the molecule is COC(=O)CCCCCCCNC(=O)c1cc(-c2cccc(Cl)c2)c(OCC(=O)O)c(-c2cccc(Cl)c2)c1. The molecule has 0 atom stereocenters. The molecule has 1 amide bonds. The Hall–Kier alpha value is -3.55. The molecule has 0 aliphatic carbocycles. The van der Waals surface area contributed by atoms with E-state index in [-0.39, 0.29) is 11.9 Å². The molecule has 0 aromatic heterocycles. The van der Waals surface area contributed by atoms with E-state index in [0.717, 1.165) is 32.1 Å². The van der Waals surface area contributed by atoms with Gasteiger partial charge in [0.1, 0.15) is 5.75 Å². The number of esters is 1. The van der Waals surface area contributed by atoms with E-state index >= 15 is 0 Å². The first-order chi connectivity index (χ1) is 18.8. The monoisotopic (exact) mass is 571 g/mol. The van der Waals surface area contributed by atoms with Crippen LogP contribution < -0.4 is 10.1 Å². The van der Waals surface area contributed by atoms with E-state index in [1.54, 1.807) is 48.5 Å². The second kappa shape index (κ2) is 15.1. The predicted molar refractivity (Wildman–Crippen MR) is 153 cm³/mol. The van der Waals surface area contributed by atoms with Crippen molar-refractivity contribution in [3.8, 4) is 28.0 Å². The van der Waals surface area contributed by atoms with Gasteiger partial charge >= 0.3 is 11.9 Å². The number of nitrogens with one attached hydrogen (secondary N) is 1. The number of unbranched alkanes of at least 4 members (excludes halogenated alkanes) is 4. The molecule has 2 N–H and O–H groups in total. The van der Waals surface area contributed by atoms with E-state index in [1.165, 1.54) is 7.11 Å². The van der Waals surface area contributed by atoms with Gasteiger partial charge in [-0.15, -0.1) is 0 Å². The van der Waals surface area contributed by atoms with Crippen LogP contribution in [0.5, 0.6) is 5.75 Å². The third kappa shape index (κ3) is 9.30. The van der Waals surface area contributed by atoms with E-state index in [2.05, 4.69) is 10.1 Å². The summed E-state index contributed by atoms with van der Waals surface area (Å²) in [5.41, 5.74) is 2.81. The molecule has 0 unspecified atom stereocenters. The topological polar surface area (TPSA) is 102 Å². The molecule has 0 saturated heterocycles. The Bertz CT molecular complexity index is 1240. The van der Waals surface area contributed by atoms with Gasteiger partial charge in [-0.3, -0.25) is 9.59 Å². The van der Waals surface area contributed by atoms with Gasteiger partial charge in [-0.2, -0.15) is 0 Å². The largest absolute Gasteiger partial charge is 0.481 e. The molecule has 9 heteroatoms. The van der Waals surface area contributed by atoms with E-state index in [4.69, 9.17) is 27.9 Å². The molecule has 206 valence electrons. The van der Waals surface area contributed by atoms with E-state index in [0.29, 0.717) is 56.6 Å². The third-order valence-electron chi connectivity index (χ3n) is 6.03. The minimum atomic E-state index is -1.13. The summed E-state index contributed by atoms with van der Waals surface area (Å²) in [4.78, 5) is 35.8. The normalized spacial score (nSPS) is 10.6. The molecule has 0 bridgehead atoms. The summed E-state index contributed by atoms with van der Waals surface area (Å²) in [6, 6.07) is 17.5. The minimum absolute atomic E-state index is 0.198. The van der Waals surface area contributed by atoms with Gasteiger partial charge in [0.05, 0.1) is 7.11 Å². The van der Waals surface area contributed by atoms with Gasteiger partial charge in [-0.05, 0) is 60.4 Å². The van der Waals surface area contributed by atoms with Crippen molar-refractivity contribution in [3.05, 3.63) is 76.3 Å². The number of hydrogen-bond acceptors (Lipinski definition) is 5. The Labute approximate surface area is 238 Å². The molecule has 7 nitrogen and oxygen atoms in total. The molecule has 0 heterocycles. The number of benzene rings is 3. The highest BCUT2D eigenvalue weighted by Gasteiger charge is 2.20. The highest BCUT2D eigenvalue weighted by Crippen LogP contribution is 2.41.